The Kier molecular flexibility index (Phi) is 4.27. The Morgan fingerprint density at radius 3 is 2.86 bits per heavy atom. The minimum atomic E-state index is 0.476. The van der Waals surface area contributed by atoms with E-state index < -0.39 is 0 Å². The number of aromatic nitrogens is 3. The number of thioether (sulfide) groups is 1. The van der Waals surface area contributed by atoms with Crippen LogP contribution in [0.2, 0.25) is 0 Å². The molecule has 0 amide bonds. The number of benzene rings is 1. The summed E-state index contributed by atoms with van der Waals surface area (Å²) >= 11 is 6.52. The molecule has 2 heterocycles. The molecule has 8 heteroatoms. The Balaban J connectivity index is 1.74. The van der Waals surface area contributed by atoms with Gasteiger partial charge in [0, 0.05) is 9.37 Å². The highest BCUT2D eigenvalue weighted by atomic mass is 79.9. The van der Waals surface area contributed by atoms with Gasteiger partial charge in [-0.15, -0.1) is 11.8 Å². The average molecular weight is 383 g/mol. The number of halogens is 1. The van der Waals surface area contributed by atoms with Gasteiger partial charge in [-0.3, -0.25) is 0 Å². The molecular formula is C13H11BrN4OS2. The van der Waals surface area contributed by atoms with Gasteiger partial charge in [0.15, 0.2) is 11.0 Å². The van der Waals surface area contributed by atoms with E-state index >= 15 is 0 Å². The van der Waals surface area contributed by atoms with E-state index in [1.807, 2.05) is 31.2 Å². The second-order valence-electron chi connectivity index (χ2n) is 4.20. The van der Waals surface area contributed by atoms with Crippen LogP contribution in [0.4, 0.5) is 5.13 Å². The molecule has 2 N–H and O–H groups in total. The minimum absolute atomic E-state index is 0.476. The van der Waals surface area contributed by atoms with Crippen molar-refractivity contribution in [3.05, 3.63) is 40.3 Å². The van der Waals surface area contributed by atoms with Crippen LogP contribution in [-0.2, 0) is 5.75 Å². The van der Waals surface area contributed by atoms with Crippen molar-refractivity contribution in [2.45, 2.75) is 17.6 Å². The lowest BCUT2D eigenvalue weighted by atomic mass is 10.4. The van der Waals surface area contributed by atoms with Crippen LogP contribution >= 0.6 is 39.0 Å². The summed E-state index contributed by atoms with van der Waals surface area (Å²) in [5.41, 5.74) is 6.49. The molecule has 3 rings (SSSR count). The van der Waals surface area contributed by atoms with Crippen molar-refractivity contribution in [3.8, 4) is 10.8 Å². The first-order valence-corrected chi connectivity index (χ1v) is 8.66. The molecule has 21 heavy (non-hydrogen) atoms. The number of thiazole rings is 1. The third-order valence-electron chi connectivity index (χ3n) is 2.67. The number of anilines is 1. The van der Waals surface area contributed by atoms with E-state index in [0.29, 0.717) is 22.6 Å². The summed E-state index contributed by atoms with van der Waals surface area (Å²) in [6, 6.07) is 8.03. The molecule has 108 valence electrons. The maximum Gasteiger partial charge on any atom is 0.270 e. The smallest absolute Gasteiger partial charge is 0.270 e. The van der Waals surface area contributed by atoms with Crippen LogP contribution in [0.15, 0.2) is 38.2 Å². The lowest BCUT2D eigenvalue weighted by Gasteiger charge is -2.00. The van der Waals surface area contributed by atoms with E-state index in [1.165, 1.54) is 11.3 Å². The first-order valence-electron chi connectivity index (χ1n) is 6.06. The first kappa shape index (κ1) is 14.6. The summed E-state index contributed by atoms with van der Waals surface area (Å²) in [7, 11) is 0. The van der Waals surface area contributed by atoms with Crippen LogP contribution in [-0.4, -0.2) is 15.1 Å². The SMILES string of the molecule is Cc1nc(N)sc1-c1nc(CSc2ccccc2Br)no1. The number of hydrogen-bond donors (Lipinski definition) is 1. The molecule has 5 nitrogen and oxygen atoms in total. The molecule has 1 aromatic carbocycles. The normalized spacial score (nSPS) is 11.0. The van der Waals surface area contributed by atoms with Gasteiger partial charge in [-0.05, 0) is 35.0 Å². The zero-order valence-electron chi connectivity index (χ0n) is 11.0. The second-order valence-corrected chi connectivity index (χ2v) is 7.10. The van der Waals surface area contributed by atoms with Crippen molar-refractivity contribution in [2.75, 3.05) is 5.73 Å². The van der Waals surface area contributed by atoms with Crippen LogP contribution in [0.1, 0.15) is 11.5 Å². The molecule has 0 saturated carbocycles. The van der Waals surface area contributed by atoms with Crippen molar-refractivity contribution in [2.24, 2.45) is 0 Å². The van der Waals surface area contributed by atoms with E-state index in [-0.39, 0.29) is 0 Å². The fourth-order valence-electron chi connectivity index (χ4n) is 1.72. The molecule has 0 aliphatic heterocycles. The number of nitrogens with two attached hydrogens (primary N) is 1. The van der Waals surface area contributed by atoms with Crippen LogP contribution in [0.25, 0.3) is 10.8 Å². The van der Waals surface area contributed by atoms with E-state index in [1.54, 1.807) is 11.8 Å². The Morgan fingerprint density at radius 2 is 2.14 bits per heavy atom. The van der Waals surface area contributed by atoms with Gasteiger partial charge in [-0.25, -0.2) is 4.98 Å². The summed E-state index contributed by atoms with van der Waals surface area (Å²) in [4.78, 5) is 10.5. The van der Waals surface area contributed by atoms with Gasteiger partial charge in [-0.2, -0.15) is 4.98 Å². The number of nitrogens with zero attached hydrogens (tertiary/aromatic N) is 3. The van der Waals surface area contributed by atoms with Crippen molar-refractivity contribution >= 4 is 44.2 Å². The molecule has 3 aromatic rings. The standard InChI is InChI=1S/C13H11BrN4OS2/c1-7-11(21-13(15)16-7)12-17-10(18-19-12)6-20-9-5-3-2-4-8(9)14/h2-5H,6H2,1H3,(H2,15,16). The van der Waals surface area contributed by atoms with Gasteiger partial charge >= 0.3 is 0 Å². The Hall–Kier alpha value is -1.38. The fourth-order valence-corrected chi connectivity index (χ4v) is 3.89. The molecule has 0 atom stereocenters. The minimum Gasteiger partial charge on any atom is -0.375 e. The van der Waals surface area contributed by atoms with Crippen molar-refractivity contribution in [1.29, 1.82) is 0 Å². The highest BCUT2D eigenvalue weighted by Crippen LogP contribution is 2.32. The molecule has 0 radical (unpaired) electrons. The molecular weight excluding hydrogens is 372 g/mol. The van der Waals surface area contributed by atoms with Gasteiger partial charge in [0.25, 0.3) is 5.89 Å². The predicted octanol–water partition coefficient (Wildman–Crippen LogP) is 4.14. The Morgan fingerprint density at radius 1 is 1.33 bits per heavy atom. The maximum atomic E-state index is 5.68. The highest BCUT2D eigenvalue weighted by molar-refractivity contribution is 9.10. The van der Waals surface area contributed by atoms with E-state index in [0.717, 1.165) is 19.9 Å². The van der Waals surface area contributed by atoms with Gasteiger partial charge in [0.05, 0.1) is 11.4 Å². The predicted molar refractivity (Wildman–Crippen MR) is 88.3 cm³/mol. The van der Waals surface area contributed by atoms with Crippen molar-refractivity contribution < 1.29 is 4.52 Å². The first-order chi connectivity index (χ1) is 10.1. The summed E-state index contributed by atoms with van der Waals surface area (Å²) in [6.45, 7) is 1.88. The van der Waals surface area contributed by atoms with Crippen molar-refractivity contribution in [3.63, 3.8) is 0 Å². The third kappa shape index (κ3) is 3.28. The number of hydrogen-bond acceptors (Lipinski definition) is 7. The molecule has 0 fully saturated rings. The van der Waals surface area contributed by atoms with E-state index in [2.05, 4.69) is 31.1 Å². The number of aryl methyl sites for hydroxylation is 1. The van der Waals surface area contributed by atoms with Crippen LogP contribution in [0, 0.1) is 6.92 Å². The molecule has 0 saturated heterocycles. The van der Waals surface area contributed by atoms with Gasteiger partial charge in [-0.1, -0.05) is 28.6 Å². The monoisotopic (exact) mass is 382 g/mol. The van der Waals surface area contributed by atoms with Gasteiger partial charge in [0.1, 0.15) is 4.88 Å². The lowest BCUT2D eigenvalue weighted by Crippen LogP contribution is -1.85. The van der Waals surface area contributed by atoms with Gasteiger partial charge in [0.2, 0.25) is 0 Å². The maximum absolute atomic E-state index is 5.68. The van der Waals surface area contributed by atoms with Crippen molar-refractivity contribution in [1.82, 2.24) is 15.1 Å². The zero-order chi connectivity index (χ0) is 14.8. The highest BCUT2D eigenvalue weighted by Gasteiger charge is 2.15. The molecule has 0 aliphatic rings. The fraction of sp³-hybridized carbons (Fsp3) is 0.154. The van der Waals surface area contributed by atoms with Crippen LogP contribution in [0.3, 0.4) is 0 Å². The van der Waals surface area contributed by atoms with Gasteiger partial charge < -0.3 is 10.3 Å². The molecule has 0 unspecified atom stereocenters. The molecule has 0 aliphatic carbocycles. The molecule has 0 spiro atoms. The number of rotatable bonds is 4. The van der Waals surface area contributed by atoms with Crippen LogP contribution < -0.4 is 5.73 Å². The Labute approximate surface area is 138 Å². The molecule has 0 bridgehead atoms. The lowest BCUT2D eigenvalue weighted by molar-refractivity contribution is 0.425. The summed E-state index contributed by atoms with van der Waals surface area (Å²) < 4.78 is 6.35. The topological polar surface area (TPSA) is 77.8 Å². The Bertz CT molecular complexity index is 771. The van der Waals surface area contributed by atoms with E-state index in [4.69, 9.17) is 10.3 Å². The summed E-state index contributed by atoms with van der Waals surface area (Å²) in [5.74, 6) is 1.76. The van der Waals surface area contributed by atoms with E-state index in [9.17, 15) is 0 Å². The van der Waals surface area contributed by atoms with Crippen LogP contribution in [0.5, 0.6) is 0 Å². The number of nitrogen functional groups attached to an aromatic ring is 1. The summed E-state index contributed by atoms with van der Waals surface area (Å²) in [6.07, 6.45) is 0. The zero-order valence-corrected chi connectivity index (χ0v) is 14.3. The average Bonchev–Trinajstić information content (AvgIpc) is 3.04. The molecule has 2 aromatic heterocycles. The summed E-state index contributed by atoms with van der Waals surface area (Å²) in [5, 5.41) is 4.51. The largest absolute Gasteiger partial charge is 0.375 e. The second kappa shape index (κ2) is 6.17. The quantitative estimate of drug-likeness (QED) is 0.683. The third-order valence-corrected chi connectivity index (χ3v) is 5.67.